The lowest BCUT2D eigenvalue weighted by atomic mass is 10.1. The summed E-state index contributed by atoms with van der Waals surface area (Å²) in [6.45, 7) is 2.15. The highest BCUT2D eigenvalue weighted by Crippen LogP contribution is 2.28. The van der Waals surface area contributed by atoms with Crippen LogP contribution in [0.2, 0.25) is 0 Å². The van der Waals surface area contributed by atoms with Crippen molar-refractivity contribution in [2.24, 2.45) is 0 Å². The van der Waals surface area contributed by atoms with Crippen molar-refractivity contribution in [3.8, 4) is 5.69 Å². The van der Waals surface area contributed by atoms with Gasteiger partial charge in [0.1, 0.15) is 0 Å². The molecule has 0 saturated carbocycles. The second kappa shape index (κ2) is 7.08. The van der Waals surface area contributed by atoms with Crippen molar-refractivity contribution in [1.29, 1.82) is 0 Å². The Morgan fingerprint density at radius 3 is 2.79 bits per heavy atom. The van der Waals surface area contributed by atoms with Gasteiger partial charge in [-0.2, -0.15) is 5.10 Å². The lowest BCUT2D eigenvalue weighted by Gasteiger charge is -2.07. The number of hydrogen-bond donors (Lipinski definition) is 2. The highest BCUT2D eigenvalue weighted by atomic mass is 19.2. The van der Waals surface area contributed by atoms with Gasteiger partial charge in [-0.1, -0.05) is 18.2 Å². The first-order valence-electron chi connectivity index (χ1n) is 9.76. The second-order valence-electron chi connectivity index (χ2n) is 7.53. The number of carbonyl (C=O) groups is 1. The van der Waals surface area contributed by atoms with Gasteiger partial charge in [-0.05, 0) is 48.1 Å². The van der Waals surface area contributed by atoms with E-state index in [2.05, 4.69) is 27.9 Å². The van der Waals surface area contributed by atoms with Crippen LogP contribution in [0, 0.1) is 11.6 Å². The van der Waals surface area contributed by atoms with Crippen LogP contribution in [0.1, 0.15) is 44.9 Å². The number of benzene rings is 2. The molecular weight excluding hydrogens is 374 g/mol. The van der Waals surface area contributed by atoms with Gasteiger partial charge in [0.25, 0.3) is 5.91 Å². The lowest BCUT2D eigenvalue weighted by Crippen LogP contribution is -2.24. The number of amides is 1. The maximum atomic E-state index is 13.7. The summed E-state index contributed by atoms with van der Waals surface area (Å²) >= 11 is 0. The molecule has 1 aromatic heterocycles. The summed E-state index contributed by atoms with van der Waals surface area (Å²) in [5.74, 6) is -2.08. The first-order valence-corrected chi connectivity index (χ1v) is 9.76. The molecule has 2 heterocycles. The van der Waals surface area contributed by atoms with E-state index in [-0.39, 0.29) is 5.91 Å². The first-order chi connectivity index (χ1) is 14.1. The quantitative estimate of drug-likeness (QED) is 0.715. The summed E-state index contributed by atoms with van der Waals surface area (Å²) in [6, 6.07) is 9.89. The molecule has 29 heavy (non-hydrogen) atoms. The van der Waals surface area contributed by atoms with Crippen LogP contribution in [-0.2, 0) is 32.5 Å². The van der Waals surface area contributed by atoms with E-state index in [9.17, 15) is 13.6 Å². The fraction of sp³-hybridized carbons (Fsp3) is 0.273. The van der Waals surface area contributed by atoms with Crippen molar-refractivity contribution in [1.82, 2.24) is 20.4 Å². The van der Waals surface area contributed by atoms with Crippen molar-refractivity contribution in [2.75, 3.05) is 0 Å². The third kappa shape index (κ3) is 3.21. The van der Waals surface area contributed by atoms with E-state index in [1.54, 1.807) is 4.68 Å². The molecule has 2 aromatic carbocycles. The van der Waals surface area contributed by atoms with Crippen molar-refractivity contribution in [3.63, 3.8) is 0 Å². The number of halogens is 2. The molecule has 2 N–H and O–H groups in total. The number of fused-ring (bicyclic) bond motifs is 2. The molecule has 148 valence electrons. The van der Waals surface area contributed by atoms with Gasteiger partial charge in [-0.25, -0.2) is 13.5 Å². The number of nitrogens with zero attached hydrogens (tertiary/aromatic N) is 2. The zero-order valence-electron chi connectivity index (χ0n) is 15.8. The molecule has 5 nitrogen and oxygen atoms in total. The van der Waals surface area contributed by atoms with Crippen LogP contribution in [0.25, 0.3) is 5.69 Å². The van der Waals surface area contributed by atoms with Crippen LogP contribution >= 0.6 is 0 Å². The van der Waals surface area contributed by atoms with E-state index in [4.69, 9.17) is 0 Å². The van der Waals surface area contributed by atoms with Gasteiger partial charge in [-0.3, -0.25) is 4.79 Å². The molecule has 7 heteroatoms. The number of nitrogens with one attached hydrogen (secondary N) is 2. The summed E-state index contributed by atoms with van der Waals surface area (Å²) in [7, 11) is 0. The minimum absolute atomic E-state index is 0.247. The molecule has 0 fully saturated rings. The van der Waals surface area contributed by atoms with Crippen molar-refractivity contribution >= 4 is 5.91 Å². The average molecular weight is 394 g/mol. The Bertz CT molecular complexity index is 1120. The van der Waals surface area contributed by atoms with E-state index in [0.29, 0.717) is 17.9 Å². The van der Waals surface area contributed by atoms with E-state index < -0.39 is 11.6 Å². The third-order valence-corrected chi connectivity index (χ3v) is 5.65. The smallest absolute Gasteiger partial charge is 0.272 e. The Balaban J connectivity index is 1.39. The summed E-state index contributed by atoms with van der Waals surface area (Å²) in [6.07, 6.45) is 2.42. The van der Waals surface area contributed by atoms with Crippen molar-refractivity contribution in [3.05, 3.63) is 81.7 Å². The first kappa shape index (κ1) is 18.0. The highest BCUT2D eigenvalue weighted by Gasteiger charge is 2.27. The molecule has 0 saturated heterocycles. The van der Waals surface area contributed by atoms with Gasteiger partial charge in [0, 0.05) is 37.0 Å². The minimum Gasteiger partial charge on any atom is -0.347 e. The average Bonchev–Trinajstić information content (AvgIpc) is 3.44. The molecule has 3 aromatic rings. The monoisotopic (exact) mass is 394 g/mol. The molecule has 0 spiro atoms. The normalized spacial score (nSPS) is 14.7. The Kier molecular flexibility index (Phi) is 4.39. The van der Waals surface area contributed by atoms with Crippen LogP contribution in [0.4, 0.5) is 8.78 Å². The fourth-order valence-electron chi connectivity index (χ4n) is 4.17. The van der Waals surface area contributed by atoms with Crippen molar-refractivity contribution in [2.45, 2.75) is 38.9 Å². The Morgan fingerprint density at radius 2 is 1.93 bits per heavy atom. The summed E-state index contributed by atoms with van der Waals surface area (Å²) in [4.78, 5) is 12.8. The van der Waals surface area contributed by atoms with Gasteiger partial charge in [0.2, 0.25) is 0 Å². The highest BCUT2D eigenvalue weighted by molar-refractivity contribution is 5.94. The zero-order chi connectivity index (χ0) is 20.0. The molecular formula is C22H20F2N4O. The molecule has 0 atom stereocenters. The van der Waals surface area contributed by atoms with E-state index in [1.165, 1.54) is 17.2 Å². The minimum atomic E-state index is -0.929. The van der Waals surface area contributed by atoms with Crippen LogP contribution in [0.5, 0.6) is 0 Å². The summed E-state index contributed by atoms with van der Waals surface area (Å²) in [5, 5.41) is 10.7. The molecule has 1 aliphatic carbocycles. The number of rotatable bonds is 4. The van der Waals surface area contributed by atoms with Gasteiger partial charge >= 0.3 is 0 Å². The fourth-order valence-corrected chi connectivity index (χ4v) is 4.17. The SMILES string of the molecule is O=C(NCc1ccc2c(c1)CNC2)c1nn(-c2ccc(F)c(F)c2)c2c1CCC2. The number of hydrogen-bond acceptors (Lipinski definition) is 3. The van der Waals surface area contributed by atoms with Crippen LogP contribution in [-0.4, -0.2) is 15.7 Å². The Hall–Kier alpha value is -3.06. The van der Waals surface area contributed by atoms with Crippen LogP contribution in [0.3, 0.4) is 0 Å². The zero-order valence-corrected chi connectivity index (χ0v) is 15.8. The largest absolute Gasteiger partial charge is 0.347 e. The van der Waals surface area contributed by atoms with Crippen LogP contribution in [0.15, 0.2) is 36.4 Å². The van der Waals surface area contributed by atoms with Gasteiger partial charge < -0.3 is 10.6 Å². The standard InChI is InChI=1S/C22H20F2N4O/c23-18-7-6-16(9-19(18)24)28-20-3-1-2-17(20)21(27-28)22(29)26-10-13-4-5-14-11-25-12-15(14)8-13/h4-9,25H,1-3,10-12H2,(H,26,29). The van der Waals surface area contributed by atoms with Gasteiger partial charge in [-0.15, -0.1) is 0 Å². The molecule has 2 aliphatic rings. The molecule has 5 rings (SSSR count). The molecule has 1 aliphatic heterocycles. The predicted molar refractivity (Wildman–Crippen MR) is 104 cm³/mol. The van der Waals surface area contributed by atoms with E-state index >= 15 is 0 Å². The number of aromatic nitrogens is 2. The second-order valence-corrected chi connectivity index (χ2v) is 7.53. The molecule has 0 radical (unpaired) electrons. The topological polar surface area (TPSA) is 59.0 Å². The maximum absolute atomic E-state index is 13.7. The molecule has 1 amide bonds. The summed E-state index contributed by atoms with van der Waals surface area (Å²) in [5.41, 5.74) is 6.17. The lowest BCUT2D eigenvalue weighted by molar-refractivity contribution is 0.0944. The molecule has 0 unspecified atom stereocenters. The van der Waals surface area contributed by atoms with E-state index in [1.807, 2.05) is 6.07 Å². The van der Waals surface area contributed by atoms with Crippen LogP contribution < -0.4 is 10.6 Å². The predicted octanol–water partition coefficient (Wildman–Crippen LogP) is 3.17. The Labute approximate surface area is 166 Å². The summed E-state index contributed by atoms with van der Waals surface area (Å²) < 4.78 is 28.5. The molecule has 0 bridgehead atoms. The van der Waals surface area contributed by atoms with Gasteiger partial charge in [0.15, 0.2) is 17.3 Å². The third-order valence-electron chi connectivity index (χ3n) is 5.65. The van der Waals surface area contributed by atoms with E-state index in [0.717, 1.165) is 61.3 Å². The van der Waals surface area contributed by atoms with Crippen molar-refractivity contribution < 1.29 is 13.6 Å². The number of carbonyl (C=O) groups excluding carboxylic acids is 1. The Morgan fingerprint density at radius 1 is 1.07 bits per heavy atom. The maximum Gasteiger partial charge on any atom is 0.272 e. The van der Waals surface area contributed by atoms with Gasteiger partial charge in [0.05, 0.1) is 5.69 Å².